The topological polar surface area (TPSA) is 100 Å². The van der Waals surface area contributed by atoms with Gasteiger partial charge in [-0.15, -0.1) is 11.8 Å². The first-order chi connectivity index (χ1) is 14.2. The van der Waals surface area contributed by atoms with Crippen molar-refractivity contribution in [3.05, 3.63) is 0 Å². The fourth-order valence-corrected chi connectivity index (χ4v) is 4.26. The summed E-state index contributed by atoms with van der Waals surface area (Å²) in [6.45, 7) is 6.56. The number of rotatable bonds is 8. The molecule has 8 nitrogen and oxygen atoms in total. The van der Waals surface area contributed by atoms with Gasteiger partial charge in [-0.25, -0.2) is 4.79 Å². The van der Waals surface area contributed by atoms with Crippen LogP contribution in [0.5, 0.6) is 0 Å². The molecule has 2 rings (SSSR count). The van der Waals surface area contributed by atoms with E-state index in [1.807, 2.05) is 0 Å². The Balaban J connectivity index is 1.78. The number of carbonyl (C=O) groups excluding carboxylic acids is 3. The second-order valence-corrected chi connectivity index (χ2v) is 9.99. The number of alkyl carbamates (subject to hydrolysis) is 1. The van der Waals surface area contributed by atoms with Crippen molar-refractivity contribution < 1.29 is 19.1 Å². The number of nitrogens with one attached hydrogen (secondary N) is 2. The first-order valence-corrected chi connectivity index (χ1v) is 11.9. The van der Waals surface area contributed by atoms with Gasteiger partial charge < -0.3 is 20.3 Å². The summed E-state index contributed by atoms with van der Waals surface area (Å²) in [4.78, 5) is 43.6. The van der Waals surface area contributed by atoms with Gasteiger partial charge in [0.05, 0.1) is 11.8 Å². The molecule has 30 heavy (non-hydrogen) atoms. The Labute approximate surface area is 187 Å². The Bertz CT molecular complexity index is 672. The lowest BCUT2D eigenvalue weighted by atomic mass is 10.0. The largest absolute Gasteiger partial charge is 0.444 e. The Hall–Kier alpha value is -1.68. The molecule has 0 spiro atoms. The summed E-state index contributed by atoms with van der Waals surface area (Å²) in [5.41, 5.74) is -0.627. The molecule has 1 saturated heterocycles. The number of amides is 3. The van der Waals surface area contributed by atoms with Crippen molar-refractivity contribution in [1.29, 1.82) is 0 Å². The molecule has 2 aliphatic rings. The van der Waals surface area contributed by atoms with E-state index >= 15 is 0 Å². The monoisotopic (exact) mass is 456 g/mol. The van der Waals surface area contributed by atoms with Crippen LogP contribution in [0.1, 0.15) is 52.9 Å². The molecule has 2 unspecified atom stereocenters. The number of thioether (sulfide) groups is 1. The summed E-state index contributed by atoms with van der Waals surface area (Å²) in [5, 5.41) is 5.64. The molecule has 1 fully saturated rings. The Morgan fingerprint density at radius 1 is 1.37 bits per heavy atom. The molecule has 2 aliphatic heterocycles. The van der Waals surface area contributed by atoms with E-state index in [4.69, 9.17) is 17.0 Å². The maximum absolute atomic E-state index is 12.8. The van der Waals surface area contributed by atoms with Crippen LogP contribution in [-0.2, 0) is 14.3 Å². The molecule has 3 amide bonds. The van der Waals surface area contributed by atoms with Gasteiger partial charge in [-0.1, -0.05) is 12.2 Å². The van der Waals surface area contributed by atoms with Crippen molar-refractivity contribution in [2.45, 2.75) is 64.5 Å². The van der Waals surface area contributed by atoms with Crippen LogP contribution >= 0.6 is 24.0 Å². The first kappa shape index (κ1) is 24.6. The van der Waals surface area contributed by atoms with Crippen molar-refractivity contribution in [3.63, 3.8) is 0 Å². The molecular weight excluding hydrogens is 424 g/mol. The summed E-state index contributed by atoms with van der Waals surface area (Å²) in [6.07, 6.45) is 4.29. The second kappa shape index (κ2) is 11.6. The summed E-state index contributed by atoms with van der Waals surface area (Å²) in [6, 6.07) is -0.624. The van der Waals surface area contributed by atoms with E-state index in [0.717, 1.165) is 5.75 Å². The highest BCUT2D eigenvalue weighted by Gasteiger charge is 2.29. The van der Waals surface area contributed by atoms with E-state index in [1.54, 1.807) is 43.6 Å². The van der Waals surface area contributed by atoms with Gasteiger partial charge in [0, 0.05) is 31.5 Å². The molecule has 0 aliphatic carbocycles. The summed E-state index contributed by atoms with van der Waals surface area (Å²) in [5.74, 6) is 1.20. The molecule has 0 bridgehead atoms. The first-order valence-electron chi connectivity index (χ1n) is 10.4. The van der Waals surface area contributed by atoms with Crippen molar-refractivity contribution in [2.24, 2.45) is 10.9 Å². The number of hydrogen-bond donors (Lipinski definition) is 2. The van der Waals surface area contributed by atoms with Crippen LogP contribution in [-0.4, -0.2) is 70.4 Å². The number of thiocarbonyl (C=S) groups is 1. The fraction of sp³-hybridized carbons (Fsp3) is 0.750. The third-order valence-electron chi connectivity index (χ3n) is 4.68. The van der Waals surface area contributed by atoms with E-state index in [2.05, 4.69) is 15.6 Å². The van der Waals surface area contributed by atoms with Crippen molar-refractivity contribution >= 4 is 53.1 Å². The number of ether oxygens (including phenoxy) is 1. The zero-order valence-corrected chi connectivity index (χ0v) is 19.6. The maximum atomic E-state index is 12.8. The summed E-state index contributed by atoms with van der Waals surface area (Å²) >= 11 is 6.71. The SMILES string of the molecule is CC(C)(C)OC(=O)NC(CCCCNC(=O)C1C=NC(=S)CC1)C(=O)N1CCSC1. The van der Waals surface area contributed by atoms with Crippen molar-refractivity contribution in [3.8, 4) is 0 Å². The maximum Gasteiger partial charge on any atom is 0.408 e. The minimum absolute atomic E-state index is 0.0464. The van der Waals surface area contributed by atoms with E-state index in [0.29, 0.717) is 56.1 Å². The number of unbranched alkanes of at least 4 members (excludes halogenated alkanes) is 1. The van der Waals surface area contributed by atoms with Crippen LogP contribution in [0.4, 0.5) is 4.79 Å². The minimum atomic E-state index is -0.627. The molecule has 0 aromatic carbocycles. The van der Waals surface area contributed by atoms with Gasteiger partial charge in [-0.3, -0.25) is 14.6 Å². The van der Waals surface area contributed by atoms with Crippen LogP contribution in [0.3, 0.4) is 0 Å². The van der Waals surface area contributed by atoms with Gasteiger partial charge in [0.25, 0.3) is 0 Å². The molecule has 2 N–H and O–H groups in total. The Kier molecular flexibility index (Phi) is 9.54. The van der Waals surface area contributed by atoms with E-state index in [9.17, 15) is 14.4 Å². The van der Waals surface area contributed by atoms with Crippen LogP contribution in [0.2, 0.25) is 0 Å². The third kappa shape index (κ3) is 8.59. The third-order valence-corrected chi connectivity index (χ3v) is 5.95. The van der Waals surface area contributed by atoms with E-state index < -0.39 is 17.7 Å². The van der Waals surface area contributed by atoms with Crippen LogP contribution in [0.25, 0.3) is 0 Å². The van der Waals surface area contributed by atoms with Crippen LogP contribution in [0, 0.1) is 5.92 Å². The number of nitrogens with zero attached hydrogens (tertiary/aromatic N) is 2. The average molecular weight is 457 g/mol. The molecule has 10 heteroatoms. The lowest BCUT2D eigenvalue weighted by molar-refractivity contribution is -0.132. The second-order valence-electron chi connectivity index (χ2n) is 8.44. The lowest BCUT2D eigenvalue weighted by Crippen LogP contribution is -2.49. The van der Waals surface area contributed by atoms with Gasteiger partial charge in [0.15, 0.2) is 0 Å². The molecule has 0 aromatic heterocycles. The molecule has 0 saturated carbocycles. The van der Waals surface area contributed by atoms with E-state index in [-0.39, 0.29) is 17.7 Å². The normalized spacial score (nSPS) is 20.0. The highest BCUT2D eigenvalue weighted by Crippen LogP contribution is 2.17. The molecule has 168 valence electrons. The molecule has 2 heterocycles. The fourth-order valence-electron chi connectivity index (χ4n) is 3.12. The standard InChI is InChI=1S/C20H32N4O4S2/c1-20(2,3)28-19(27)23-15(18(26)24-10-11-30-13-24)6-4-5-9-21-17(25)14-7-8-16(29)22-12-14/h12,14-15H,4-11,13H2,1-3H3,(H,21,25)(H,23,27). The molecule has 2 atom stereocenters. The lowest BCUT2D eigenvalue weighted by Gasteiger charge is -2.26. The number of hydrogen-bond acceptors (Lipinski definition) is 6. The Morgan fingerprint density at radius 3 is 2.73 bits per heavy atom. The Morgan fingerprint density at radius 2 is 2.13 bits per heavy atom. The van der Waals surface area contributed by atoms with Gasteiger partial charge in [-0.2, -0.15) is 0 Å². The van der Waals surface area contributed by atoms with Crippen molar-refractivity contribution in [1.82, 2.24) is 15.5 Å². The number of aliphatic imine (C=N–C) groups is 1. The highest BCUT2D eigenvalue weighted by molar-refractivity contribution is 7.99. The number of carbonyl (C=O) groups is 3. The zero-order chi connectivity index (χ0) is 22.1. The van der Waals surface area contributed by atoms with Crippen molar-refractivity contribution in [2.75, 3.05) is 24.7 Å². The molecule has 0 aromatic rings. The van der Waals surface area contributed by atoms with Crippen LogP contribution < -0.4 is 10.6 Å². The van der Waals surface area contributed by atoms with Gasteiger partial charge in [-0.05, 0) is 46.5 Å². The zero-order valence-electron chi connectivity index (χ0n) is 17.9. The molecule has 0 radical (unpaired) electrons. The minimum Gasteiger partial charge on any atom is -0.444 e. The highest BCUT2D eigenvalue weighted by atomic mass is 32.2. The summed E-state index contributed by atoms with van der Waals surface area (Å²) < 4.78 is 5.31. The molecular formula is C20H32N4O4S2. The predicted molar refractivity (Wildman–Crippen MR) is 123 cm³/mol. The summed E-state index contributed by atoms with van der Waals surface area (Å²) in [7, 11) is 0. The van der Waals surface area contributed by atoms with E-state index in [1.165, 1.54) is 0 Å². The van der Waals surface area contributed by atoms with Gasteiger partial charge in [0.2, 0.25) is 11.8 Å². The van der Waals surface area contributed by atoms with Crippen LogP contribution in [0.15, 0.2) is 4.99 Å². The van der Waals surface area contributed by atoms with Gasteiger partial charge >= 0.3 is 6.09 Å². The predicted octanol–water partition coefficient (Wildman–Crippen LogP) is 2.51. The average Bonchev–Trinajstić information content (AvgIpc) is 3.20. The quantitative estimate of drug-likeness (QED) is 0.430. The smallest absolute Gasteiger partial charge is 0.408 e. The van der Waals surface area contributed by atoms with Gasteiger partial charge in [0.1, 0.15) is 16.6 Å².